The molecule has 2 aromatic carbocycles. The molecule has 0 aliphatic carbocycles. The maximum absolute atomic E-state index is 13.3. The van der Waals surface area contributed by atoms with E-state index < -0.39 is 32.8 Å². The molecule has 1 heterocycles. The summed E-state index contributed by atoms with van der Waals surface area (Å²) < 4.78 is 71.3. The van der Waals surface area contributed by atoms with Gasteiger partial charge in [-0.2, -0.15) is 13.2 Å². The molecule has 0 fully saturated rings. The maximum atomic E-state index is 13.3. The summed E-state index contributed by atoms with van der Waals surface area (Å²) in [7, 11) is -3.85. The van der Waals surface area contributed by atoms with Gasteiger partial charge in [0.05, 0.1) is 34.2 Å². The molecular formula is C23H21BrF3NO5S. The van der Waals surface area contributed by atoms with Crippen molar-refractivity contribution in [1.29, 1.82) is 0 Å². The molecule has 6 nitrogen and oxygen atoms in total. The maximum Gasteiger partial charge on any atom is 0.416 e. The summed E-state index contributed by atoms with van der Waals surface area (Å²) in [6, 6.07) is 6.96. The number of hydrogen-bond acceptors (Lipinski definition) is 5. The summed E-state index contributed by atoms with van der Waals surface area (Å²) in [6.45, 7) is 4.78. The highest BCUT2D eigenvalue weighted by Crippen LogP contribution is 2.39. The van der Waals surface area contributed by atoms with E-state index in [9.17, 15) is 31.5 Å². The van der Waals surface area contributed by atoms with Crippen molar-refractivity contribution in [2.45, 2.75) is 42.4 Å². The van der Waals surface area contributed by atoms with Crippen LogP contribution in [-0.2, 0) is 21.3 Å². The first-order valence-electron chi connectivity index (χ1n) is 10.2. The van der Waals surface area contributed by atoms with Gasteiger partial charge in [0.1, 0.15) is 10.6 Å². The summed E-state index contributed by atoms with van der Waals surface area (Å²) in [4.78, 5) is 16.6. The fourth-order valence-corrected chi connectivity index (χ4v) is 5.25. The number of carboxylic acids is 1. The van der Waals surface area contributed by atoms with E-state index >= 15 is 0 Å². The van der Waals surface area contributed by atoms with Crippen LogP contribution in [0.4, 0.5) is 13.2 Å². The number of pyridine rings is 1. The van der Waals surface area contributed by atoms with Crippen LogP contribution >= 0.6 is 15.9 Å². The summed E-state index contributed by atoms with van der Waals surface area (Å²) >= 11 is 3.22. The summed E-state index contributed by atoms with van der Waals surface area (Å²) in [5.74, 6) is -1.37. The van der Waals surface area contributed by atoms with Crippen molar-refractivity contribution in [2.24, 2.45) is 0 Å². The number of aromatic carboxylic acids is 1. The van der Waals surface area contributed by atoms with Crippen LogP contribution in [0.15, 0.2) is 41.3 Å². The lowest BCUT2D eigenvalue weighted by molar-refractivity contribution is -0.137. The van der Waals surface area contributed by atoms with Gasteiger partial charge in [-0.25, -0.2) is 18.2 Å². The quantitative estimate of drug-likeness (QED) is 0.352. The second-order valence-electron chi connectivity index (χ2n) is 7.67. The van der Waals surface area contributed by atoms with Gasteiger partial charge in [-0.1, -0.05) is 28.1 Å². The minimum Gasteiger partial charge on any atom is -0.492 e. The predicted octanol–water partition coefficient (Wildman–Crippen LogP) is 6.09. The van der Waals surface area contributed by atoms with Gasteiger partial charge in [-0.3, -0.25) is 0 Å². The highest BCUT2D eigenvalue weighted by atomic mass is 79.9. The van der Waals surface area contributed by atoms with Crippen molar-refractivity contribution in [2.75, 3.05) is 6.61 Å². The second kappa shape index (κ2) is 9.53. The lowest BCUT2D eigenvalue weighted by atomic mass is 9.96. The first kappa shape index (κ1) is 26.0. The third kappa shape index (κ3) is 4.76. The van der Waals surface area contributed by atoms with Crippen molar-refractivity contribution in [3.63, 3.8) is 0 Å². The third-order valence-electron chi connectivity index (χ3n) is 5.19. The molecule has 0 saturated carbocycles. The largest absolute Gasteiger partial charge is 0.492 e. The van der Waals surface area contributed by atoms with Crippen molar-refractivity contribution in [3.05, 3.63) is 53.1 Å². The Bertz CT molecular complexity index is 1370. The highest BCUT2D eigenvalue weighted by molar-refractivity contribution is 9.08. The van der Waals surface area contributed by atoms with Crippen LogP contribution in [0.5, 0.6) is 5.75 Å². The van der Waals surface area contributed by atoms with E-state index in [4.69, 9.17) is 4.74 Å². The van der Waals surface area contributed by atoms with E-state index in [1.54, 1.807) is 6.92 Å². The molecule has 0 aliphatic rings. The van der Waals surface area contributed by atoms with Gasteiger partial charge in [0.15, 0.2) is 9.84 Å². The van der Waals surface area contributed by atoms with E-state index in [1.807, 2.05) is 0 Å². The van der Waals surface area contributed by atoms with Gasteiger partial charge >= 0.3 is 12.1 Å². The Balaban J connectivity index is 2.46. The monoisotopic (exact) mass is 559 g/mol. The fourth-order valence-electron chi connectivity index (χ4n) is 3.51. The first-order valence-corrected chi connectivity index (χ1v) is 12.8. The van der Waals surface area contributed by atoms with Crippen molar-refractivity contribution in [3.8, 4) is 17.0 Å². The Kier molecular flexibility index (Phi) is 7.28. The SMILES string of the molecule is CCOc1cc2nc(-c3cccc(C(F)(F)F)c3)c(CBr)c(C(=O)O)c2cc1S(=O)(=O)C(C)C. The molecule has 11 heteroatoms. The van der Waals surface area contributed by atoms with Crippen LogP contribution in [0.2, 0.25) is 0 Å². The van der Waals surface area contributed by atoms with Crippen LogP contribution in [0.25, 0.3) is 22.2 Å². The summed E-state index contributed by atoms with van der Waals surface area (Å²) in [6.07, 6.45) is -4.60. The molecule has 0 unspecified atom stereocenters. The Morgan fingerprint density at radius 1 is 1.21 bits per heavy atom. The molecule has 0 radical (unpaired) electrons. The zero-order chi connectivity index (χ0) is 25.4. The fraction of sp³-hybridized carbons (Fsp3) is 0.304. The van der Waals surface area contributed by atoms with E-state index in [0.29, 0.717) is 0 Å². The molecule has 0 spiro atoms. The lowest BCUT2D eigenvalue weighted by Crippen LogP contribution is -2.16. The number of nitrogens with zero attached hydrogens (tertiary/aromatic N) is 1. The van der Waals surface area contributed by atoms with E-state index in [2.05, 4.69) is 20.9 Å². The van der Waals surface area contributed by atoms with Gasteiger partial charge in [-0.05, 0) is 39.0 Å². The minimum atomic E-state index is -4.60. The standard InChI is InChI=1S/C23H21BrF3NO5S/c1-4-33-18-10-17-15(9-19(18)34(31,32)12(2)3)20(22(29)30)16(11-24)21(28-17)13-6-5-7-14(8-13)23(25,26)27/h5-10,12H,4,11H2,1-3H3,(H,29,30). The Labute approximate surface area is 202 Å². The van der Waals surface area contributed by atoms with Gasteiger partial charge < -0.3 is 9.84 Å². The van der Waals surface area contributed by atoms with Crippen molar-refractivity contribution >= 4 is 42.6 Å². The molecule has 0 atom stereocenters. The number of rotatable bonds is 7. The highest BCUT2D eigenvalue weighted by Gasteiger charge is 2.32. The molecular weight excluding hydrogens is 539 g/mol. The van der Waals surface area contributed by atoms with Gasteiger partial charge in [0, 0.05) is 27.9 Å². The average Bonchev–Trinajstić information content (AvgIpc) is 2.76. The molecule has 182 valence electrons. The topological polar surface area (TPSA) is 93.6 Å². The molecule has 3 rings (SSSR count). The second-order valence-corrected chi connectivity index (χ2v) is 10.7. The van der Waals surface area contributed by atoms with Gasteiger partial charge in [0.25, 0.3) is 0 Å². The third-order valence-corrected chi connectivity index (χ3v) is 7.92. The minimum absolute atomic E-state index is 0.00544. The number of benzene rings is 2. The Morgan fingerprint density at radius 2 is 1.88 bits per heavy atom. The zero-order valence-electron chi connectivity index (χ0n) is 18.4. The van der Waals surface area contributed by atoms with Crippen molar-refractivity contribution < 1.29 is 36.2 Å². The number of carboxylic acid groups (broad SMARTS) is 1. The van der Waals surface area contributed by atoms with Crippen LogP contribution in [0, 0.1) is 0 Å². The Hall–Kier alpha value is -2.66. The number of carbonyl (C=O) groups is 1. The molecule has 1 aromatic heterocycles. The van der Waals surface area contributed by atoms with Gasteiger partial charge in [-0.15, -0.1) is 0 Å². The smallest absolute Gasteiger partial charge is 0.416 e. The molecule has 0 saturated heterocycles. The normalized spacial score (nSPS) is 12.4. The van der Waals surface area contributed by atoms with Crippen molar-refractivity contribution in [1.82, 2.24) is 4.98 Å². The number of ether oxygens (including phenoxy) is 1. The molecule has 34 heavy (non-hydrogen) atoms. The van der Waals surface area contributed by atoms with E-state index in [-0.39, 0.29) is 55.9 Å². The van der Waals surface area contributed by atoms with E-state index in [1.165, 1.54) is 38.1 Å². The van der Waals surface area contributed by atoms with Crippen LogP contribution < -0.4 is 4.74 Å². The number of halogens is 4. The molecule has 1 N–H and O–H groups in total. The number of alkyl halides is 4. The van der Waals surface area contributed by atoms with Crippen LogP contribution in [-0.4, -0.2) is 36.3 Å². The number of aromatic nitrogens is 1. The number of fused-ring (bicyclic) bond motifs is 1. The summed E-state index contributed by atoms with van der Waals surface area (Å²) in [5.41, 5.74) is -0.840. The molecule has 0 bridgehead atoms. The zero-order valence-corrected chi connectivity index (χ0v) is 20.8. The molecule has 0 amide bonds. The lowest BCUT2D eigenvalue weighted by Gasteiger charge is -2.18. The molecule has 3 aromatic rings. The van der Waals surface area contributed by atoms with Gasteiger partial charge in [0.2, 0.25) is 0 Å². The predicted molar refractivity (Wildman–Crippen MR) is 125 cm³/mol. The van der Waals surface area contributed by atoms with Crippen LogP contribution in [0.1, 0.15) is 42.3 Å². The number of sulfone groups is 1. The first-order chi connectivity index (χ1) is 15.8. The molecule has 0 aliphatic heterocycles. The van der Waals surface area contributed by atoms with E-state index in [0.717, 1.165) is 12.1 Å². The summed E-state index contributed by atoms with van der Waals surface area (Å²) in [5, 5.41) is 9.22. The van der Waals surface area contributed by atoms with Crippen LogP contribution in [0.3, 0.4) is 0 Å². The Morgan fingerprint density at radius 3 is 2.41 bits per heavy atom. The number of hydrogen-bond donors (Lipinski definition) is 1. The average molecular weight is 560 g/mol.